The summed E-state index contributed by atoms with van der Waals surface area (Å²) in [5.41, 5.74) is 0.643. The van der Waals surface area contributed by atoms with Crippen molar-refractivity contribution in [1.29, 1.82) is 0 Å². The number of hydrogen-bond donors (Lipinski definition) is 2. The van der Waals surface area contributed by atoms with E-state index in [1.165, 1.54) is 22.8 Å². The number of benzene rings is 2. The quantitative estimate of drug-likeness (QED) is 0.437. The lowest BCUT2D eigenvalue weighted by Gasteiger charge is -2.15. The first-order chi connectivity index (χ1) is 16.2. The van der Waals surface area contributed by atoms with E-state index in [4.69, 9.17) is 0 Å². The van der Waals surface area contributed by atoms with Gasteiger partial charge in [0.25, 0.3) is 11.5 Å². The highest BCUT2D eigenvalue weighted by Crippen LogP contribution is 2.30. The van der Waals surface area contributed by atoms with E-state index in [0.29, 0.717) is 33.7 Å². The number of nitrogens with zero attached hydrogens (tertiary/aromatic N) is 2. The number of halogens is 3. The summed E-state index contributed by atoms with van der Waals surface area (Å²) in [6.45, 7) is 1.82. The molecule has 0 bridgehead atoms. The molecule has 0 unspecified atom stereocenters. The zero-order valence-electron chi connectivity index (χ0n) is 18.4. The summed E-state index contributed by atoms with van der Waals surface area (Å²) < 4.78 is 40.0. The number of alkyl halides is 3. The van der Waals surface area contributed by atoms with E-state index in [-0.39, 0.29) is 11.9 Å². The Kier molecular flexibility index (Phi) is 6.10. The molecule has 1 amide bonds. The normalized spacial score (nSPS) is 12.4. The van der Waals surface area contributed by atoms with Crippen LogP contribution in [0, 0.1) is 0 Å². The maximum absolute atomic E-state index is 12.9. The van der Waals surface area contributed by atoms with E-state index >= 15 is 0 Å². The van der Waals surface area contributed by atoms with Crippen molar-refractivity contribution in [1.82, 2.24) is 14.9 Å². The van der Waals surface area contributed by atoms with E-state index in [1.54, 1.807) is 31.3 Å². The standard InChI is InChI=1S/C25H21F3N4O2/c1-15(20-4-3-5-22(29-2)31-20)30-24(34)17-6-12-21-16(14-17)7-13-23(33)32(21)19-10-8-18(9-11-19)25(26,27)28/h3-15H,1-2H3,(H,29,31)(H,30,34)/t15-/m0/s1. The van der Waals surface area contributed by atoms with Crippen molar-refractivity contribution in [2.75, 3.05) is 12.4 Å². The van der Waals surface area contributed by atoms with Gasteiger partial charge in [-0.1, -0.05) is 6.07 Å². The summed E-state index contributed by atoms with van der Waals surface area (Å²) >= 11 is 0. The van der Waals surface area contributed by atoms with Crippen LogP contribution in [0.15, 0.2) is 77.6 Å². The molecule has 0 saturated carbocycles. The van der Waals surface area contributed by atoms with E-state index < -0.39 is 17.3 Å². The van der Waals surface area contributed by atoms with Crippen LogP contribution in [0.3, 0.4) is 0 Å². The number of carbonyl (C=O) groups is 1. The van der Waals surface area contributed by atoms with Crippen LogP contribution in [0.1, 0.15) is 34.6 Å². The number of fused-ring (bicyclic) bond motifs is 1. The second-order valence-corrected chi connectivity index (χ2v) is 7.72. The van der Waals surface area contributed by atoms with Crippen LogP contribution in [0.2, 0.25) is 0 Å². The summed E-state index contributed by atoms with van der Waals surface area (Å²) in [6.07, 6.45) is -4.47. The lowest BCUT2D eigenvalue weighted by Crippen LogP contribution is -2.27. The molecule has 2 N–H and O–H groups in total. The molecule has 0 saturated heterocycles. The van der Waals surface area contributed by atoms with Crippen molar-refractivity contribution in [3.05, 3.63) is 100.0 Å². The van der Waals surface area contributed by atoms with Crippen molar-refractivity contribution in [2.24, 2.45) is 0 Å². The van der Waals surface area contributed by atoms with Gasteiger partial charge < -0.3 is 10.6 Å². The molecule has 4 rings (SSSR count). The highest BCUT2D eigenvalue weighted by atomic mass is 19.4. The largest absolute Gasteiger partial charge is 0.416 e. The Morgan fingerprint density at radius 3 is 2.41 bits per heavy atom. The van der Waals surface area contributed by atoms with Gasteiger partial charge in [0.15, 0.2) is 0 Å². The number of carbonyl (C=O) groups excluding carboxylic acids is 1. The lowest BCUT2D eigenvalue weighted by atomic mass is 10.1. The highest BCUT2D eigenvalue weighted by molar-refractivity contribution is 5.98. The van der Waals surface area contributed by atoms with Crippen molar-refractivity contribution in [3.63, 3.8) is 0 Å². The zero-order valence-corrected chi connectivity index (χ0v) is 18.4. The van der Waals surface area contributed by atoms with Gasteiger partial charge in [-0.3, -0.25) is 14.2 Å². The number of amides is 1. The third-order valence-electron chi connectivity index (χ3n) is 5.43. The average Bonchev–Trinajstić information content (AvgIpc) is 2.83. The minimum Gasteiger partial charge on any atom is -0.373 e. The molecule has 0 aliphatic rings. The zero-order chi connectivity index (χ0) is 24.5. The molecule has 4 aromatic rings. The minimum atomic E-state index is -4.47. The second kappa shape index (κ2) is 9.01. The molecule has 0 aliphatic carbocycles. The molecule has 174 valence electrons. The Balaban J connectivity index is 1.64. The summed E-state index contributed by atoms with van der Waals surface area (Å²) in [5, 5.41) is 6.45. The number of aromatic nitrogens is 2. The number of nitrogens with one attached hydrogen (secondary N) is 2. The molecule has 2 aromatic heterocycles. The van der Waals surface area contributed by atoms with Crippen LogP contribution >= 0.6 is 0 Å². The summed E-state index contributed by atoms with van der Waals surface area (Å²) in [7, 11) is 1.76. The van der Waals surface area contributed by atoms with Crippen LogP contribution < -0.4 is 16.2 Å². The van der Waals surface area contributed by atoms with Gasteiger partial charge in [-0.15, -0.1) is 0 Å². The predicted molar refractivity (Wildman–Crippen MR) is 124 cm³/mol. The van der Waals surface area contributed by atoms with Crippen LogP contribution in [0.25, 0.3) is 16.6 Å². The molecule has 0 fully saturated rings. The third kappa shape index (κ3) is 4.63. The molecular formula is C25H21F3N4O2. The molecule has 2 heterocycles. The molecule has 0 spiro atoms. The maximum Gasteiger partial charge on any atom is 0.416 e. The fraction of sp³-hybridized carbons (Fsp3) is 0.160. The van der Waals surface area contributed by atoms with Gasteiger partial charge in [-0.05, 0) is 73.0 Å². The van der Waals surface area contributed by atoms with Gasteiger partial charge in [0.2, 0.25) is 0 Å². The highest BCUT2D eigenvalue weighted by Gasteiger charge is 2.30. The molecule has 6 nitrogen and oxygen atoms in total. The Labute approximate surface area is 193 Å². The van der Waals surface area contributed by atoms with Gasteiger partial charge in [0.05, 0.1) is 22.8 Å². The molecule has 0 aliphatic heterocycles. The average molecular weight is 466 g/mol. The van der Waals surface area contributed by atoms with Crippen molar-refractivity contribution in [2.45, 2.75) is 19.1 Å². The maximum atomic E-state index is 12.9. The predicted octanol–water partition coefficient (Wildman–Crippen LogP) is 4.94. The first-order valence-corrected chi connectivity index (χ1v) is 10.5. The number of hydrogen-bond acceptors (Lipinski definition) is 4. The Hall–Kier alpha value is -4.14. The van der Waals surface area contributed by atoms with E-state index in [1.807, 2.05) is 25.1 Å². The topological polar surface area (TPSA) is 76.0 Å². The van der Waals surface area contributed by atoms with E-state index in [0.717, 1.165) is 12.1 Å². The van der Waals surface area contributed by atoms with Gasteiger partial charge in [-0.2, -0.15) is 13.2 Å². The second-order valence-electron chi connectivity index (χ2n) is 7.72. The smallest absolute Gasteiger partial charge is 0.373 e. The molecular weight excluding hydrogens is 445 g/mol. The summed E-state index contributed by atoms with van der Waals surface area (Å²) in [4.78, 5) is 29.8. The minimum absolute atomic E-state index is 0.296. The summed E-state index contributed by atoms with van der Waals surface area (Å²) in [5.74, 6) is 0.365. The Bertz CT molecular complexity index is 1410. The van der Waals surface area contributed by atoms with Crippen LogP contribution in [0.5, 0.6) is 0 Å². The van der Waals surface area contributed by atoms with E-state index in [9.17, 15) is 22.8 Å². The fourth-order valence-electron chi connectivity index (χ4n) is 3.64. The number of anilines is 1. The molecule has 2 aromatic carbocycles. The SMILES string of the molecule is CNc1cccc([C@H](C)NC(=O)c2ccc3c(ccc(=O)n3-c3ccc(C(F)(F)F)cc3)c2)n1. The molecule has 9 heteroatoms. The molecule has 34 heavy (non-hydrogen) atoms. The van der Waals surface area contributed by atoms with Gasteiger partial charge in [-0.25, -0.2) is 4.98 Å². The van der Waals surface area contributed by atoms with E-state index in [2.05, 4.69) is 15.6 Å². The number of pyridine rings is 2. The molecule has 1 atom stereocenters. The molecule has 0 radical (unpaired) electrons. The lowest BCUT2D eigenvalue weighted by molar-refractivity contribution is -0.137. The summed E-state index contributed by atoms with van der Waals surface area (Å²) in [6, 6.07) is 17.2. The van der Waals surface area contributed by atoms with Crippen molar-refractivity contribution >= 4 is 22.6 Å². The fourth-order valence-corrected chi connectivity index (χ4v) is 3.64. The van der Waals surface area contributed by atoms with Crippen molar-refractivity contribution < 1.29 is 18.0 Å². The third-order valence-corrected chi connectivity index (χ3v) is 5.43. The Morgan fingerprint density at radius 2 is 1.74 bits per heavy atom. The van der Waals surface area contributed by atoms with Gasteiger partial charge >= 0.3 is 6.18 Å². The first-order valence-electron chi connectivity index (χ1n) is 10.5. The van der Waals surface area contributed by atoms with Crippen LogP contribution in [-0.2, 0) is 6.18 Å². The van der Waals surface area contributed by atoms with Crippen molar-refractivity contribution in [3.8, 4) is 5.69 Å². The van der Waals surface area contributed by atoms with Gasteiger partial charge in [0, 0.05) is 24.4 Å². The van der Waals surface area contributed by atoms with Gasteiger partial charge in [0.1, 0.15) is 5.82 Å². The first kappa shape index (κ1) is 23.0. The number of rotatable bonds is 5. The Morgan fingerprint density at radius 1 is 1.00 bits per heavy atom. The monoisotopic (exact) mass is 466 g/mol. The van der Waals surface area contributed by atoms with Crippen LogP contribution in [0.4, 0.5) is 19.0 Å². The van der Waals surface area contributed by atoms with Crippen LogP contribution in [-0.4, -0.2) is 22.5 Å².